The number of hydrogen-bond acceptors (Lipinski definition) is 6. The van der Waals surface area contributed by atoms with Gasteiger partial charge in [-0.15, -0.1) is 5.10 Å². The van der Waals surface area contributed by atoms with Gasteiger partial charge in [-0.1, -0.05) is 17.7 Å². The summed E-state index contributed by atoms with van der Waals surface area (Å²) in [6, 6.07) is 8.85. The SMILES string of the molecule is CN1CCC(Cn2nc(Oc3cc#cc(Cl)c3)c3c(N)ncnc32)CC1. The van der Waals surface area contributed by atoms with Gasteiger partial charge in [-0.2, -0.15) is 0 Å². The molecule has 7 nitrogen and oxygen atoms in total. The van der Waals surface area contributed by atoms with Crippen molar-refractivity contribution in [3.63, 3.8) is 0 Å². The molecule has 2 N–H and O–H groups in total. The van der Waals surface area contributed by atoms with Crippen molar-refractivity contribution in [2.75, 3.05) is 25.9 Å². The van der Waals surface area contributed by atoms with E-state index >= 15 is 0 Å². The van der Waals surface area contributed by atoms with E-state index in [-0.39, 0.29) is 0 Å². The second-order valence-electron chi connectivity index (χ2n) is 6.60. The fourth-order valence-corrected chi connectivity index (χ4v) is 3.40. The molecule has 4 rings (SSSR count). The Bertz CT molecular complexity index is 919. The summed E-state index contributed by atoms with van der Waals surface area (Å²) in [6.45, 7) is 2.97. The number of rotatable bonds is 4. The van der Waals surface area contributed by atoms with Crippen LogP contribution in [0.2, 0.25) is 5.02 Å². The molecule has 8 heteroatoms. The lowest BCUT2D eigenvalue weighted by Crippen LogP contribution is -2.32. The summed E-state index contributed by atoms with van der Waals surface area (Å²) in [4.78, 5) is 10.8. The van der Waals surface area contributed by atoms with Crippen molar-refractivity contribution in [2.45, 2.75) is 19.4 Å². The second kappa shape index (κ2) is 6.98. The van der Waals surface area contributed by atoms with Crippen molar-refractivity contribution >= 4 is 28.5 Å². The molecule has 1 aliphatic heterocycles. The zero-order valence-electron chi connectivity index (χ0n) is 14.4. The lowest BCUT2D eigenvalue weighted by molar-refractivity contribution is 0.202. The van der Waals surface area contributed by atoms with Crippen LogP contribution in [0.4, 0.5) is 5.82 Å². The molecule has 1 aliphatic rings. The molecule has 1 fully saturated rings. The molecule has 0 amide bonds. The summed E-state index contributed by atoms with van der Waals surface area (Å²) in [5.41, 5.74) is 6.76. The fourth-order valence-electron chi connectivity index (χ4n) is 3.23. The van der Waals surface area contributed by atoms with Gasteiger partial charge in [-0.05, 0) is 45.0 Å². The summed E-state index contributed by atoms with van der Waals surface area (Å²) in [5.74, 6) is 1.79. The van der Waals surface area contributed by atoms with Crippen LogP contribution in [0.25, 0.3) is 11.0 Å². The zero-order chi connectivity index (χ0) is 18.1. The van der Waals surface area contributed by atoms with E-state index in [4.69, 9.17) is 22.1 Å². The van der Waals surface area contributed by atoms with Crippen molar-refractivity contribution in [1.82, 2.24) is 24.6 Å². The van der Waals surface area contributed by atoms with Gasteiger partial charge in [-0.25, -0.2) is 14.6 Å². The van der Waals surface area contributed by atoms with Gasteiger partial charge in [0, 0.05) is 18.7 Å². The van der Waals surface area contributed by atoms with Crippen LogP contribution >= 0.6 is 11.6 Å². The molecule has 0 spiro atoms. The molecule has 0 saturated carbocycles. The van der Waals surface area contributed by atoms with Crippen LogP contribution < -0.4 is 10.5 Å². The molecule has 0 unspecified atom stereocenters. The summed E-state index contributed by atoms with van der Waals surface area (Å²) in [5, 5.41) is 5.65. The molecule has 3 aromatic rings. The third-order valence-electron chi connectivity index (χ3n) is 4.69. The summed E-state index contributed by atoms with van der Waals surface area (Å²) in [6.07, 6.45) is 3.72. The number of anilines is 1. The highest BCUT2D eigenvalue weighted by atomic mass is 35.5. The first-order valence-corrected chi connectivity index (χ1v) is 8.90. The molecule has 0 aliphatic carbocycles. The Morgan fingerprint density at radius 3 is 2.92 bits per heavy atom. The number of ether oxygens (including phenoxy) is 1. The average molecular weight is 371 g/mol. The van der Waals surface area contributed by atoms with Crippen LogP contribution in [0, 0.1) is 18.1 Å². The van der Waals surface area contributed by atoms with Crippen LogP contribution in [0.15, 0.2) is 18.5 Å². The van der Waals surface area contributed by atoms with Crippen molar-refractivity contribution < 1.29 is 4.74 Å². The van der Waals surface area contributed by atoms with Gasteiger partial charge >= 0.3 is 0 Å². The van der Waals surface area contributed by atoms with Crippen LogP contribution in [-0.4, -0.2) is 44.8 Å². The standard InChI is InChI=1S/C18H19ClN6O/c1-24-7-5-12(6-8-24)10-25-17-15(16(20)21-11-22-17)18(23-25)26-14-4-2-3-13(19)9-14/h4,9,11-12H,5-8,10H2,1H3,(H2,20,21,22). The van der Waals surface area contributed by atoms with Crippen molar-refractivity contribution in [2.24, 2.45) is 5.92 Å². The first kappa shape index (κ1) is 16.9. The first-order valence-electron chi connectivity index (χ1n) is 8.52. The van der Waals surface area contributed by atoms with E-state index in [1.807, 2.05) is 4.68 Å². The second-order valence-corrected chi connectivity index (χ2v) is 7.01. The summed E-state index contributed by atoms with van der Waals surface area (Å²) in [7, 11) is 2.15. The normalized spacial score (nSPS) is 15.9. The molecule has 0 radical (unpaired) electrons. The van der Waals surface area contributed by atoms with Gasteiger partial charge in [0.05, 0.1) is 5.02 Å². The molecular formula is C18H19ClN6O. The van der Waals surface area contributed by atoms with Crippen LogP contribution in [0.1, 0.15) is 12.8 Å². The Hall–Kier alpha value is -2.56. The molecule has 3 heterocycles. The average Bonchev–Trinajstić information content (AvgIpc) is 2.96. The molecule has 1 saturated heterocycles. The lowest BCUT2D eigenvalue weighted by Gasteiger charge is -2.28. The predicted octanol–water partition coefficient (Wildman–Crippen LogP) is 2.80. The maximum atomic E-state index is 6.07. The number of nitrogen functional groups attached to an aromatic ring is 1. The first-order chi connectivity index (χ1) is 12.6. The maximum absolute atomic E-state index is 6.07. The van der Waals surface area contributed by atoms with E-state index in [1.165, 1.54) is 6.33 Å². The van der Waals surface area contributed by atoms with Gasteiger partial charge < -0.3 is 15.4 Å². The van der Waals surface area contributed by atoms with E-state index in [0.29, 0.717) is 39.4 Å². The number of hydrogen-bond donors (Lipinski definition) is 1. The van der Waals surface area contributed by atoms with Gasteiger partial charge in [0.1, 0.15) is 23.3 Å². The Balaban J connectivity index is 1.67. The van der Waals surface area contributed by atoms with Crippen LogP contribution in [-0.2, 0) is 6.54 Å². The van der Waals surface area contributed by atoms with E-state index < -0.39 is 0 Å². The number of halogens is 1. The summed E-state index contributed by atoms with van der Waals surface area (Å²) >= 11 is 5.96. The van der Waals surface area contributed by atoms with Gasteiger partial charge in [0.25, 0.3) is 5.88 Å². The Morgan fingerprint density at radius 2 is 2.15 bits per heavy atom. The van der Waals surface area contributed by atoms with Crippen molar-refractivity contribution in [3.05, 3.63) is 35.6 Å². The van der Waals surface area contributed by atoms with E-state index in [1.54, 1.807) is 12.1 Å². The van der Waals surface area contributed by atoms with Gasteiger partial charge in [0.2, 0.25) is 0 Å². The Kier molecular flexibility index (Phi) is 4.53. The number of piperidine rings is 1. The maximum Gasteiger partial charge on any atom is 0.251 e. The minimum atomic E-state index is 0.345. The van der Waals surface area contributed by atoms with E-state index in [0.717, 1.165) is 32.5 Å². The number of aromatic nitrogens is 4. The topological polar surface area (TPSA) is 82.1 Å². The van der Waals surface area contributed by atoms with Crippen molar-refractivity contribution in [1.29, 1.82) is 0 Å². The molecule has 0 bridgehead atoms. The van der Waals surface area contributed by atoms with Gasteiger partial charge in [0.15, 0.2) is 5.65 Å². The number of nitrogens with two attached hydrogens (primary N) is 1. The minimum Gasteiger partial charge on any atom is -0.436 e. The number of fused-ring (bicyclic) bond motifs is 1. The molecule has 26 heavy (non-hydrogen) atoms. The molecular weight excluding hydrogens is 352 g/mol. The zero-order valence-corrected chi connectivity index (χ0v) is 15.2. The third-order valence-corrected chi connectivity index (χ3v) is 4.89. The van der Waals surface area contributed by atoms with Gasteiger partial charge in [-0.3, -0.25) is 0 Å². The molecule has 1 aromatic carbocycles. The largest absolute Gasteiger partial charge is 0.436 e. The smallest absolute Gasteiger partial charge is 0.251 e. The summed E-state index contributed by atoms with van der Waals surface area (Å²) < 4.78 is 7.78. The highest BCUT2D eigenvalue weighted by molar-refractivity contribution is 6.30. The molecule has 134 valence electrons. The Morgan fingerprint density at radius 1 is 1.35 bits per heavy atom. The highest BCUT2D eigenvalue weighted by Crippen LogP contribution is 2.32. The minimum absolute atomic E-state index is 0.345. The van der Waals surface area contributed by atoms with Crippen LogP contribution in [0.3, 0.4) is 0 Å². The van der Waals surface area contributed by atoms with E-state index in [2.05, 4.69) is 39.1 Å². The highest BCUT2D eigenvalue weighted by Gasteiger charge is 2.22. The third kappa shape index (κ3) is 3.39. The number of likely N-dealkylation sites (tertiary alicyclic amines) is 1. The number of nitrogens with zero attached hydrogens (tertiary/aromatic N) is 5. The molecule has 2 aromatic heterocycles. The fraction of sp³-hybridized carbons (Fsp3) is 0.389. The van der Waals surface area contributed by atoms with Crippen LogP contribution in [0.5, 0.6) is 11.6 Å². The van der Waals surface area contributed by atoms with E-state index in [9.17, 15) is 0 Å². The predicted molar refractivity (Wildman–Crippen MR) is 99.2 cm³/mol. The quantitative estimate of drug-likeness (QED) is 0.760. The lowest BCUT2D eigenvalue weighted by atomic mass is 9.97. The monoisotopic (exact) mass is 370 g/mol. The molecule has 0 atom stereocenters. The van der Waals surface area contributed by atoms with Crippen molar-refractivity contribution in [3.8, 4) is 11.6 Å². The Labute approximate surface area is 156 Å².